The topological polar surface area (TPSA) is 90.1 Å². The van der Waals surface area contributed by atoms with Gasteiger partial charge in [0, 0.05) is 31.1 Å². The van der Waals surface area contributed by atoms with E-state index in [2.05, 4.69) is 32.6 Å². The molecule has 0 spiro atoms. The Bertz CT molecular complexity index is 720. The van der Waals surface area contributed by atoms with Crippen molar-refractivity contribution in [2.75, 3.05) is 5.75 Å². The average Bonchev–Trinajstić information content (AvgIpc) is 3.12. The number of nitrogens with zero attached hydrogens (tertiary/aromatic N) is 1. The number of hydrogen-bond acceptors (Lipinski definition) is 5. The Labute approximate surface area is 185 Å². The lowest BCUT2D eigenvalue weighted by atomic mass is 9.79. The van der Waals surface area contributed by atoms with Gasteiger partial charge in [0.2, 0.25) is 0 Å². The summed E-state index contributed by atoms with van der Waals surface area (Å²) in [6.45, 7) is 8.12. The Morgan fingerprint density at radius 3 is 2.80 bits per heavy atom. The summed E-state index contributed by atoms with van der Waals surface area (Å²) in [7, 11) is 0. The van der Waals surface area contributed by atoms with Gasteiger partial charge in [0.25, 0.3) is 0 Å². The third-order valence-electron chi connectivity index (χ3n) is 6.40. The summed E-state index contributed by atoms with van der Waals surface area (Å²) in [5.41, 5.74) is -0.769. The van der Waals surface area contributed by atoms with Crippen LogP contribution in [0.2, 0.25) is 0 Å². The monoisotopic (exact) mass is 435 g/mol. The van der Waals surface area contributed by atoms with E-state index in [1.807, 2.05) is 12.2 Å². The van der Waals surface area contributed by atoms with Gasteiger partial charge in [-0.05, 0) is 30.9 Å². The summed E-state index contributed by atoms with van der Waals surface area (Å²) in [6.07, 6.45) is 7.92. The van der Waals surface area contributed by atoms with Crippen molar-refractivity contribution in [3.8, 4) is 11.8 Å². The molecule has 2 rings (SSSR count). The van der Waals surface area contributed by atoms with E-state index in [1.54, 1.807) is 18.7 Å². The van der Waals surface area contributed by atoms with Crippen LogP contribution in [-0.2, 0) is 4.79 Å². The van der Waals surface area contributed by atoms with E-state index in [0.29, 0.717) is 12.8 Å². The van der Waals surface area contributed by atoms with E-state index in [-0.39, 0.29) is 23.7 Å². The zero-order chi connectivity index (χ0) is 22.4. The average molecular weight is 436 g/mol. The molecule has 1 saturated carbocycles. The van der Waals surface area contributed by atoms with Crippen LogP contribution < -0.4 is 0 Å². The fraction of sp³-hybridized carbons (Fsp3) is 0.750. The predicted molar refractivity (Wildman–Crippen MR) is 124 cm³/mol. The van der Waals surface area contributed by atoms with Crippen molar-refractivity contribution in [1.29, 1.82) is 0 Å². The third kappa shape index (κ3) is 6.12. The second-order valence-corrected chi connectivity index (χ2v) is 10.4. The molecule has 0 aromatic carbocycles. The molecule has 6 heteroatoms. The first-order valence-electron chi connectivity index (χ1n) is 11.1. The van der Waals surface area contributed by atoms with Crippen LogP contribution >= 0.6 is 11.8 Å². The molecule has 1 heterocycles. The van der Waals surface area contributed by atoms with Crippen LogP contribution in [0.15, 0.2) is 17.1 Å². The summed E-state index contributed by atoms with van der Waals surface area (Å²) in [4.78, 5) is 15.6. The highest BCUT2D eigenvalue weighted by molar-refractivity contribution is 8.13. The molecule has 5 unspecified atom stereocenters. The molecule has 0 saturated heterocycles. The minimum absolute atomic E-state index is 0.0872. The van der Waals surface area contributed by atoms with Gasteiger partial charge in [-0.1, -0.05) is 51.7 Å². The van der Waals surface area contributed by atoms with E-state index in [9.17, 15) is 15.0 Å². The highest BCUT2D eigenvalue weighted by Crippen LogP contribution is 2.51. The number of carboxylic acids is 1. The molecule has 1 aliphatic carbocycles. The van der Waals surface area contributed by atoms with Crippen molar-refractivity contribution >= 4 is 22.8 Å². The van der Waals surface area contributed by atoms with Crippen LogP contribution in [0.1, 0.15) is 72.6 Å². The van der Waals surface area contributed by atoms with Gasteiger partial charge in [-0.25, -0.2) is 0 Å². The number of rotatable bonds is 10. The Hall–Kier alpha value is -1.29. The third-order valence-corrected chi connectivity index (χ3v) is 7.48. The number of aliphatic carboxylic acids is 1. The summed E-state index contributed by atoms with van der Waals surface area (Å²) >= 11 is 1.61. The molecule has 5 nitrogen and oxygen atoms in total. The molecular weight excluding hydrogens is 398 g/mol. The van der Waals surface area contributed by atoms with Crippen molar-refractivity contribution in [3.05, 3.63) is 12.2 Å². The molecule has 30 heavy (non-hydrogen) atoms. The molecule has 0 aromatic rings. The number of carboxylic acid groups (broad SMARTS) is 1. The molecule has 168 valence electrons. The Morgan fingerprint density at radius 1 is 1.43 bits per heavy atom. The van der Waals surface area contributed by atoms with E-state index in [0.717, 1.165) is 36.5 Å². The van der Waals surface area contributed by atoms with Gasteiger partial charge >= 0.3 is 5.97 Å². The first kappa shape index (κ1) is 25.0. The summed E-state index contributed by atoms with van der Waals surface area (Å²) in [5, 5.41) is 31.3. The zero-order valence-electron chi connectivity index (χ0n) is 18.7. The molecule has 0 radical (unpaired) electrons. The minimum Gasteiger partial charge on any atom is -0.481 e. The van der Waals surface area contributed by atoms with Gasteiger partial charge in [-0.2, -0.15) is 0 Å². The van der Waals surface area contributed by atoms with Gasteiger partial charge < -0.3 is 15.3 Å². The van der Waals surface area contributed by atoms with E-state index in [4.69, 9.17) is 10.1 Å². The zero-order valence-corrected chi connectivity index (χ0v) is 19.5. The highest BCUT2D eigenvalue weighted by atomic mass is 32.2. The van der Waals surface area contributed by atoms with E-state index >= 15 is 0 Å². The van der Waals surface area contributed by atoms with Crippen LogP contribution in [0.25, 0.3) is 0 Å². The van der Waals surface area contributed by atoms with Crippen molar-refractivity contribution < 1.29 is 20.1 Å². The molecule has 0 amide bonds. The maximum Gasteiger partial charge on any atom is 0.303 e. The number of carbonyl (C=O) groups is 1. The Morgan fingerprint density at radius 2 is 2.17 bits per heavy atom. The molecule has 1 fully saturated rings. The van der Waals surface area contributed by atoms with Gasteiger partial charge in [0.1, 0.15) is 5.54 Å². The first-order chi connectivity index (χ1) is 14.1. The maximum atomic E-state index is 10.8. The summed E-state index contributed by atoms with van der Waals surface area (Å²) in [5.74, 6) is 6.20. The number of hydrogen-bond donors (Lipinski definition) is 3. The van der Waals surface area contributed by atoms with Crippen molar-refractivity contribution in [3.63, 3.8) is 0 Å². The number of fused-ring (bicyclic) bond motifs is 1. The van der Waals surface area contributed by atoms with E-state index < -0.39 is 23.7 Å². The fourth-order valence-corrected chi connectivity index (χ4v) is 5.56. The molecule has 3 N–H and O–H groups in total. The molecule has 1 aliphatic heterocycles. The van der Waals surface area contributed by atoms with E-state index in [1.165, 1.54) is 0 Å². The predicted octanol–water partition coefficient (Wildman–Crippen LogP) is 4.28. The fourth-order valence-electron chi connectivity index (χ4n) is 4.51. The lowest BCUT2D eigenvalue weighted by molar-refractivity contribution is -0.137. The lowest BCUT2D eigenvalue weighted by Crippen LogP contribution is -2.29. The summed E-state index contributed by atoms with van der Waals surface area (Å²) < 4.78 is 0. The van der Waals surface area contributed by atoms with Gasteiger partial charge in [0.15, 0.2) is 0 Å². The SMILES string of the molecule is CC#CC12CC(O)C(C=CC(O)C(C)(C)CCCC)C1CC(SCCCC(=O)O)=N2. The normalized spacial score (nSPS) is 29.4. The summed E-state index contributed by atoms with van der Waals surface area (Å²) in [6, 6.07) is 0. The van der Waals surface area contributed by atoms with Crippen molar-refractivity contribution in [2.24, 2.45) is 22.2 Å². The number of aliphatic hydroxyl groups is 2. The molecule has 2 aliphatic rings. The number of thioether (sulfide) groups is 1. The largest absolute Gasteiger partial charge is 0.481 e. The lowest BCUT2D eigenvalue weighted by Gasteiger charge is -2.29. The Kier molecular flexibility index (Phi) is 9.02. The van der Waals surface area contributed by atoms with Gasteiger partial charge in [-0.15, -0.1) is 17.7 Å². The number of unbranched alkanes of at least 4 members (excludes halogenated alkanes) is 1. The van der Waals surface area contributed by atoms with Crippen molar-refractivity contribution in [1.82, 2.24) is 0 Å². The smallest absolute Gasteiger partial charge is 0.303 e. The van der Waals surface area contributed by atoms with Crippen LogP contribution in [0.4, 0.5) is 0 Å². The first-order valence-corrected chi connectivity index (χ1v) is 12.1. The van der Waals surface area contributed by atoms with Gasteiger partial charge in [0.05, 0.1) is 17.3 Å². The highest BCUT2D eigenvalue weighted by Gasteiger charge is 2.55. The minimum atomic E-state index is -0.775. The van der Waals surface area contributed by atoms with Crippen LogP contribution in [0, 0.1) is 29.1 Å². The molecular formula is C24H37NO4S. The molecule has 0 bridgehead atoms. The molecule has 0 aromatic heterocycles. The quantitative estimate of drug-likeness (QED) is 0.271. The standard InChI is InChI=1S/C24H37NO4S/c1-5-7-13-23(3,4)20(27)11-10-17-18-15-21(30-14-8-9-22(28)29)25-24(18,12-6-2)16-19(17)26/h10-11,17-20,26-27H,5,7-9,13-16H2,1-4H3,(H,28,29). The van der Waals surface area contributed by atoms with Gasteiger partial charge in [-0.3, -0.25) is 9.79 Å². The van der Waals surface area contributed by atoms with Crippen LogP contribution in [0.3, 0.4) is 0 Å². The number of aliphatic imine (C=N–C) groups is 1. The van der Waals surface area contributed by atoms with Crippen molar-refractivity contribution in [2.45, 2.75) is 90.4 Å². The second-order valence-electron chi connectivity index (χ2n) is 9.23. The van der Waals surface area contributed by atoms with Crippen LogP contribution in [0.5, 0.6) is 0 Å². The second kappa shape index (κ2) is 10.8. The Balaban J connectivity index is 2.09. The van der Waals surface area contributed by atoms with Crippen LogP contribution in [-0.4, -0.2) is 49.8 Å². The molecule has 5 atom stereocenters. The maximum absolute atomic E-state index is 10.8. The number of aliphatic hydroxyl groups excluding tert-OH is 2.